The fourth-order valence-corrected chi connectivity index (χ4v) is 4.07. The van der Waals surface area contributed by atoms with Gasteiger partial charge in [-0.25, -0.2) is 8.42 Å². The molecule has 0 radical (unpaired) electrons. The smallest absolute Gasteiger partial charge is 0.153 e. The third-order valence-electron chi connectivity index (χ3n) is 3.04. The van der Waals surface area contributed by atoms with E-state index in [1.807, 2.05) is 19.9 Å². The zero-order chi connectivity index (χ0) is 13.4. The van der Waals surface area contributed by atoms with Gasteiger partial charge in [-0.3, -0.25) is 0 Å². The maximum Gasteiger partial charge on any atom is 0.153 e. The van der Waals surface area contributed by atoms with Gasteiger partial charge in [0.1, 0.15) is 11.4 Å². The molecule has 1 N–H and O–H groups in total. The summed E-state index contributed by atoms with van der Waals surface area (Å²) in [5.74, 6) is 0.366. The summed E-state index contributed by atoms with van der Waals surface area (Å²) >= 11 is 0. The summed E-state index contributed by atoms with van der Waals surface area (Å²) in [5, 5.41) is 10.5. The Morgan fingerprint density at radius 3 is 2.56 bits per heavy atom. The molecule has 1 saturated heterocycles. The molecule has 4 nitrogen and oxygen atoms in total. The molecule has 0 aliphatic carbocycles. The second kappa shape index (κ2) is 4.55. The van der Waals surface area contributed by atoms with Gasteiger partial charge in [-0.15, -0.1) is 0 Å². The molecule has 1 atom stereocenters. The first-order chi connectivity index (χ1) is 8.32. The minimum Gasteiger partial charge on any atom is -0.491 e. The van der Waals surface area contributed by atoms with E-state index in [1.165, 1.54) is 0 Å². The molecular formula is C13H18O4S. The third-order valence-corrected chi connectivity index (χ3v) is 4.78. The molecule has 1 unspecified atom stereocenters. The summed E-state index contributed by atoms with van der Waals surface area (Å²) in [7, 11) is -3.15. The molecule has 1 aromatic carbocycles. The molecule has 0 aromatic heterocycles. The number of hydrogen-bond donors (Lipinski definition) is 1. The highest BCUT2D eigenvalue weighted by Crippen LogP contribution is 2.38. The molecule has 0 amide bonds. The van der Waals surface area contributed by atoms with Crippen LogP contribution in [0.4, 0.5) is 0 Å². The van der Waals surface area contributed by atoms with Crippen LogP contribution >= 0.6 is 0 Å². The van der Waals surface area contributed by atoms with Gasteiger partial charge in [0.15, 0.2) is 9.84 Å². The van der Waals surface area contributed by atoms with E-state index >= 15 is 0 Å². The van der Waals surface area contributed by atoms with Crippen molar-refractivity contribution in [2.45, 2.75) is 32.0 Å². The minimum absolute atomic E-state index is 0.0206. The van der Waals surface area contributed by atoms with Crippen molar-refractivity contribution in [1.29, 1.82) is 0 Å². The van der Waals surface area contributed by atoms with Crippen LogP contribution in [0.2, 0.25) is 0 Å². The van der Waals surface area contributed by atoms with Gasteiger partial charge >= 0.3 is 0 Å². The maximum atomic E-state index is 11.6. The van der Waals surface area contributed by atoms with Crippen LogP contribution in [0.1, 0.15) is 25.8 Å². The van der Waals surface area contributed by atoms with Gasteiger partial charge in [0, 0.05) is 5.56 Å². The fourth-order valence-electron chi connectivity index (χ4n) is 2.25. The van der Waals surface area contributed by atoms with Crippen molar-refractivity contribution in [3.05, 3.63) is 29.8 Å². The van der Waals surface area contributed by atoms with Gasteiger partial charge in [-0.1, -0.05) is 18.2 Å². The highest BCUT2D eigenvalue weighted by atomic mass is 32.2. The summed E-state index contributed by atoms with van der Waals surface area (Å²) in [6.07, 6.45) is 0.209. The van der Waals surface area contributed by atoms with Crippen molar-refractivity contribution >= 4 is 9.84 Å². The SMILES string of the molecule is CC(C)Oc1ccccc1C1(O)CCS(=O)(=O)C1. The normalized spacial score (nSPS) is 26.4. The topological polar surface area (TPSA) is 63.6 Å². The van der Waals surface area contributed by atoms with Crippen LogP contribution in [0.3, 0.4) is 0 Å². The van der Waals surface area contributed by atoms with Gasteiger partial charge in [-0.05, 0) is 26.3 Å². The first-order valence-electron chi connectivity index (χ1n) is 6.01. The molecule has 1 aliphatic heterocycles. The molecule has 0 bridgehead atoms. The van der Waals surface area contributed by atoms with Gasteiger partial charge in [0.25, 0.3) is 0 Å². The number of hydrogen-bond acceptors (Lipinski definition) is 4. The Morgan fingerprint density at radius 1 is 1.33 bits per heavy atom. The molecule has 0 spiro atoms. The van der Waals surface area contributed by atoms with Crippen molar-refractivity contribution in [3.63, 3.8) is 0 Å². The Labute approximate surface area is 108 Å². The van der Waals surface area contributed by atoms with Crippen LogP contribution in [0.5, 0.6) is 5.75 Å². The molecule has 1 fully saturated rings. The molecule has 18 heavy (non-hydrogen) atoms. The van der Waals surface area contributed by atoms with Crippen molar-refractivity contribution in [3.8, 4) is 5.75 Å². The lowest BCUT2D eigenvalue weighted by Crippen LogP contribution is -2.28. The highest BCUT2D eigenvalue weighted by molar-refractivity contribution is 7.91. The molecule has 5 heteroatoms. The fraction of sp³-hybridized carbons (Fsp3) is 0.538. The van der Waals surface area contributed by atoms with Crippen LogP contribution in [-0.2, 0) is 15.4 Å². The summed E-state index contributed by atoms with van der Waals surface area (Å²) in [6, 6.07) is 7.09. The average molecular weight is 270 g/mol. The average Bonchev–Trinajstić information content (AvgIpc) is 2.54. The van der Waals surface area contributed by atoms with Crippen LogP contribution < -0.4 is 4.74 Å². The molecule has 2 rings (SSSR count). The van der Waals surface area contributed by atoms with Crippen LogP contribution in [-0.4, -0.2) is 31.1 Å². The standard InChI is InChI=1S/C13H18O4S/c1-10(2)17-12-6-4-3-5-11(12)13(14)7-8-18(15,16)9-13/h3-6,10,14H,7-9H2,1-2H3. The quantitative estimate of drug-likeness (QED) is 0.903. The van der Waals surface area contributed by atoms with E-state index < -0.39 is 15.4 Å². The van der Waals surface area contributed by atoms with E-state index in [9.17, 15) is 13.5 Å². The number of sulfone groups is 1. The Kier molecular flexibility index (Phi) is 3.38. The van der Waals surface area contributed by atoms with E-state index in [2.05, 4.69) is 0 Å². The number of para-hydroxylation sites is 1. The highest BCUT2D eigenvalue weighted by Gasteiger charge is 2.43. The zero-order valence-electron chi connectivity index (χ0n) is 10.6. The first-order valence-corrected chi connectivity index (χ1v) is 7.83. The van der Waals surface area contributed by atoms with Crippen LogP contribution in [0.15, 0.2) is 24.3 Å². The summed E-state index contributed by atoms with van der Waals surface area (Å²) in [5.41, 5.74) is -0.746. The van der Waals surface area contributed by atoms with Crippen molar-refractivity contribution < 1.29 is 18.3 Å². The van der Waals surface area contributed by atoms with E-state index in [1.54, 1.807) is 18.2 Å². The lowest BCUT2D eigenvalue weighted by atomic mass is 9.92. The van der Waals surface area contributed by atoms with Gasteiger partial charge < -0.3 is 9.84 Å². The largest absolute Gasteiger partial charge is 0.491 e. The predicted octanol–water partition coefficient (Wildman–Crippen LogP) is 1.48. The van der Waals surface area contributed by atoms with Crippen molar-refractivity contribution in [2.24, 2.45) is 0 Å². The number of benzene rings is 1. The Morgan fingerprint density at radius 2 is 2.00 bits per heavy atom. The third kappa shape index (κ3) is 2.67. The lowest BCUT2D eigenvalue weighted by molar-refractivity contribution is 0.0604. The number of aliphatic hydroxyl groups is 1. The zero-order valence-corrected chi connectivity index (χ0v) is 11.4. The van der Waals surface area contributed by atoms with E-state index in [0.29, 0.717) is 11.3 Å². The summed E-state index contributed by atoms with van der Waals surface area (Å²) in [6.45, 7) is 3.79. The van der Waals surface area contributed by atoms with Crippen LogP contribution in [0, 0.1) is 0 Å². The molecular weight excluding hydrogens is 252 g/mol. The molecule has 100 valence electrons. The molecule has 1 aliphatic rings. The minimum atomic E-state index is -3.15. The number of rotatable bonds is 3. The van der Waals surface area contributed by atoms with Crippen molar-refractivity contribution in [2.75, 3.05) is 11.5 Å². The second-order valence-corrected chi connectivity index (χ2v) is 7.22. The van der Waals surface area contributed by atoms with Crippen molar-refractivity contribution in [1.82, 2.24) is 0 Å². The lowest BCUT2D eigenvalue weighted by Gasteiger charge is -2.25. The van der Waals surface area contributed by atoms with E-state index in [4.69, 9.17) is 4.74 Å². The van der Waals surface area contributed by atoms with E-state index in [-0.39, 0.29) is 24.0 Å². The van der Waals surface area contributed by atoms with E-state index in [0.717, 1.165) is 0 Å². The second-order valence-electron chi connectivity index (χ2n) is 5.04. The molecule has 0 saturated carbocycles. The Bertz CT molecular complexity index is 536. The monoisotopic (exact) mass is 270 g/mol. The van der Waals surface area contributed by atoms with Gasteiger partial charge in [-0.2, -0.15) is 0 Å². The predicted molar refractivity (Wildman–Crippen MR) is 69.4 cm³/mol. The first kappa shape index (κ1) is 13.4. The Hall–Kier alpha value is -1.07. The summed E-state index contributed by atoms with van der Waals surface area (Å²) < 4.78 is 28.7. The van der Waals surface area contributed by atoms with Gasteiger partial charge in [0.05, 0.1) is 17.6 Å². The number of ether oxygens (including phenoxy) is 1. The maximum absolute atomic E-state index is 11.6. The summed E-state index contributed by atoms with van der Waals surface area (Å²) in [4.78, 5) is 0. The van der Waals surface area contributed by atoms with Gasteiger partial charge in [0.2, 0.25) is 0 Å². The molecule has 1 heterocycles. The van der Waals surface area contributed by atoms with Crippen LogP contribution in [0.25, 0.3) is 0 Å². The Balaban J connectivity index is 2.39. The molecule has 1 aromatic rings.